The summed E-state index contributed by atoms with van der Waals surface area (Å²) in [5.74, 6) is -0.695. The van der Waals surface area contributed by atoms with Gasteiger partial charge in [-0.3, -0.25) is 4.79 Å². The van der Waals surface area contributed by atoms with Crippen molar-refractivity contribution in [1.29, 1.82) is 0 Å². The van der Waals surface area contributed by atoms with Crippen LogP contribution in [0.3, 0.4) is 0 Å². The number of halogens is 2. The number of hydrogen-bond donors (Lipinski definition) is 0. The van der Waals surface area contributed by atoms with Crippen LogP contribution in [0.2, 0.25) is 0 Å². The molecule has 0 atom stereocenters. The highest BCUT2D eigenvalue weighted by Gasteiger charge is 2.31. The van der Waals surface area contributed by atoms with Crippen molar-refractivity contribution in [2.75, 3.05) is 0 Å². The maximum atomic E-state index is 13.5. The SMILES string of the molecule is O=C1c2c(-c3ccc(F)cc3)cccc2-c2cccc(-c3ccc(F)cc3)c21. The molecular formula is C25H14F2O. The van der Waals surface area contributed by atoms with Crippen LogP contribution in [0.5, 0.6) is 0 Å². The average molecular weight is 368 g/mol. The van der Waals surface area contributed by atoms with Crippen molar-refractivity contribution in [1.82, 2.24) is 0 Å². The Balaban J connectivity index is 1.72. The van der Waals surface area contributed by atoms with Gasteiger partial charge in [0.1, 0.15) is 11.6 Å². The van der Waals surface area contributed by atoms with Crippen LogP contribution >= 0.6 is 0 Å². The quantitative estimate of drug-likeness (QED) is 0.347. The lowest BCUT2D eigenvalue weighted by molar-refractivity contribution is 0.104. The van der Waals surface area contributed by atoms with Gasteiger partial charge in [0.25, 0.3) is 0 Å². The van der Waals surface area contributed by atoms with Gasteiger partial charge in [-0.25, -0.2) is 8.78 Å². The Morgan fingerprint density at radius 2 is 0.821 bits per heavy atom. The smallest absolute Gasteiger partial charge is 0.195 e. The molecule has 0 saturated carbocycles. The maximum Gasteiger partial charge on any atom is 0.195 e. The standard InChI is InChI=1S/C25H14F2O/c26-17-11-7-15(8-12-17)19-3-1-5-21-22-6-2-4-20(24(22)25(28)23(19)21)16-9-13-18(27)14-10-16/h1-14H. The molecule has 0 heterocycles. The number of rotatable bonds is 2. The van der Waals surface area contributed by atoms with E-state index in [9.17, 15) is 13.6 Å². The van der Waals surface area contributed by atoms with Gasteiger partial charge in [-0.15, -0.1) is 0 Å². The summed E-state index contributed by atoms with van der Waals surface area (Å²) < 4.78 is 26.7. The second-order valence-corrected chi connectivity index (χ2v) is 6.80. The first-order valence-corrected chi connectivity index (χ1v) is 8.96. The molecule has 0 unspecified atom stereocenters. The van der Waals surface area contributed by atoms with E-state index in [2.05, 4.69) is 0 Å². The van der Waals surface area contributed by atoms with Gasteiger partial charge in [0.15, 0.2) is 5.78 Å². The summed E-state index contributed by atoms with van der Waals surface area (Å²) in [5, 5.41) is 0. The van der Waals surface area contributed by atoms with Gasteiger partial charge in [-0.1, -0.05) is 60.7 Å². The summed E-state index contributed by atoms with van der Waals surface area (Å²) in [4.78, 5) is 13.5. The maximum absolute atomic E-state index is 13.5. The van der Waals surface area contributed by atoms with Crippen molar-refractivity contribution in [2.24, 2.45) is 0 Å². The first-order chi connectivity index (χ1) is 13.6. The molecule has 0 radical (unpaired) electrons. The van der Waals surface area contributed by atoms with Gasteiger partial charge in [-0.2, -0.15) is 0 Å². The number of ketones is 1. The lowest BCUT2D eigenvalue weighted by atomic mass is 9.94. The molecule has 0 saturated heterocycles. The fraction of sp³-hybridized carbons (Fsp3) is 0. The van der Waals surface area contributed by atoms with Crippen LogP contribution in [-0.4, -0.2) is 5.78 Å². The van der Waals surface area contributed by atoms with Crippen LogP contribution in [0.4, 0.5) is 8.78 Å². The molecule has 0 N–H and O–H groups in total. The average Bonchev–Trinajstić information content (AvgIpc) is 3.02. The predicted octanol–water partition coefficient (Wildman–Crippen LogP) is 6.51. The second kappa shape index (κ2) is 6.24. The highest BCUT2D eigenvalue weighted by molar-refractivity contribution is 6.27. The zero-order valence-corrected chi connectivity index (χ0v) is 14.7. The van der Waals surface area contributed by atoms with Crippen LogP contribution in [0.1, 0.15) is 15.9 Å². The molecule has 28 heavy (non-hydrogen) atoms. The van der Waals surface area contributed by atoms with E-state index in [1.807, 2.05) is 36.4 Å². The highest BCUT2D eigenvalue weighted by atomic mass is 19.1. The Morgan fingerprint density at radius 1 is 0.464 bits per heavy atom. The largest absolute Gasteiger partial charge is 0.289 e. The monoisotopic (exact) mass is 368 g/mol. The third kappa shape index (κ3) is 2.48. The number of fused-ring (bicyclic) bond motifs is 3. The molecule has 5 rings (SSSR count). The Bertz CT molecular complexity index is 1130. The molecule has 0 fully saturated rings. The summed E-state index contributed by atoms with van der Waals surface area (Å²) in [6.07, 6.45) is 0. The molecule has 1 aliphatic carbocycles. The highest BCUT2D eigenvalue weighted by Crippen LogP contribution is 2.45. The Hall–Kier alpha value is -3.59. The van der Waals surface area contributed by atoms with Gasteiger partial charge in [-0.05, 0) is 57.6 Å². The summed E-state index contributed by atoms with van der Waals surface area (Å²) in [5.41, 5.74) is 6.13. The topological polar surface area (TPSA) is 17.1 Å². The summed E-state index contributed by atoms with van der Waals surface area (Å²) in [6.45, 7) is 0. The van der Waals surface area contributed by atoms with Gasteiger partial charge < -0.3 is 0 Å². The van der Waals surface area contributed by atoms with Crippen molar-refractivity contribution in [3.05, 3.63) is 108 Å². The summed E-state index contributed by atoms with van der Waals surface area (Å²) >= 11 is 0. The Labute approximate surface area is 160 Å². The molecule has 0 aromatic heterocycles. The first-order valence-electron chi connectivity index (χ1n) is 8.96. The fourth-order valence-electron chi connectivity index (χ4n) is 3.91. The van der Waals surface area contributed by atoms with Crippen molar-refractivity contribution in [3.63, 3.8) is 0 Å². The number of benzene rings is 4. The molecule has 4 aromatic carbocycles. The van der Waals surface area contributed by atoms with Crippen molar-refractivity contribution in [2.45, 2.75) is 0 Å². The molecule has 1 aliphatic rings. The van der Waals surface area contributed by atoms with E-state index < -0.39 is 0 Å². The van der Waals surface area contributed by atoms with Crippen molar-refractivity contribution < 1.29 is 13.6 Å². The molecule has 1 nitrogen and oxygen atoms in total. The van der Waals surface area contributed by atoms with Crippen molar-refractivity contribution >= 4 is 5.78 Å². The summed E-state index contributed by atoms with van der Waals surface area (Å²) in [6, 6.07) is 23.7. The van der Waals surface area contributed by atoms with Crippen molar-refractivity contribution in [3.8, 4) is 33.4 Å². The Morgan fingerprint density at radius 3 is 1.21 bits per heavy atom. The minimum atomic E-state index is -0.315. The fourth-order valence-corrected chi connectivity index (χ4v) is 3.91. The number of hydrogen-bond acceptors (Lipinski definition) is 1. The third-order valence-corrected chi connectivity index (χ3v) is 5.18. The van der Waals surface area contributed by atoms with E-state index in [4.69, 9.17) is 0 Å². The molecule has 0 bridgehead atoms. The normalized spacial score (nSPS) is 12.0. The molecular weight excluding hydrogens is 354 g/mol. The molecule has 0 aliphatic heterocycles. The van der Waals surface area contributed by atoms with E-state index in [1.165, 1.54) is 24.3 Å². The van der Waals surface area contributed by atoms with Crippen LogP contribution in [0.25, 0.3) is 33.4 Å². The summed E-state index contributed by atoms with van der Waals surface area (Å²) in [7, 11) is 0. The minimum Gasteiger partial charge on any atom is -0.289 e. The van der Waals surface area contributed by atoms with E-state index in [1.54, 1.807) is 24.3 Å². The second-order valence-electron chi connectivity index (χ2n) is 6.80. The lowest BCUT2D eigenvalue weighted by Crippen LogP contribution is -2.00. The zero-order chi connectivity index (χ0) is 19.3. The van der Waals surface area contributed by atoms with E-state index in [0.717, 1.165) is 33.4 Å². The van der Waals surface area contributed by atoms with Gasteiger partial charge >= 0.3 is 0 Å². The molecule has 134 valence electrons. The van der Waals surface area contributed by atoms with Gasteiger partial charge in [0.2, 0.25) is 0 Å². The minimum absolute atomic E-state index is 0.0650. The van der Waals surface area contributed by atoms with Crippen LogP contribution in [-0.2, 0) is 0 Å². The van der Waals surface area contributed by atoms with Gasteiger partial charge in [0, 0.05) is 11.1 Å². The lowest BCUT2D eigenvalue weighted by Gasteiger charge is -2.08. The van der Waals surface area contributed by atoms with Crippen LogP contribution in [0.15, 0.2) is 84.9 Å². The Kier molecular flexibility index (Phi) is 3.69. The van der Waals surface area contributed by atoms with E-state index >= 15 is 0 Å². The molecule has 0 amide bonds. The third-order valence-electron chi connectivity index (χ3n) is 5.18. The van der Waals surface area contributed by atoms with Gasteiger partial charge in [0.05, 0.1) is 0 Å². The molecule has 4 aromatic rings. The first kappa shape index (κ1) is 16.6. The zero-order valence-electron chi connectivity index (χ0n) is 14.7. The predicted molar refractivity (Wildman–Crippen MR) is 106 cm³/mol. The molecule has 0 spiro atoms. The van der Waals surface area contributed by atoms with E-state index in [-0.39, 0.29) is 17.4 Å². The number of carbonyl (C=O) groups excluding carboxylic acids is 1. The van der Waals surface area contributed by atoms with Crippen LogP contribution in [0, 0.1) is 11.6 Å². The molecule has 3 heteroatoms. The number of carbonyl (C=O) groups is 1. The van der Waals surface area contributed by atoms with E-state index in [0.29, 0.717) is 11.1 Å². The van der Waals surface area contributed by atoms with Crippen LogP contribution < -0.4 is 0 Å².